The summed E-state index contributed by atoms with van der Waals surface area (Å²) in [5.74, 6) is -0.775. The molecule has 0 saturated heterocycles. The van der Waals surface area contributed by atoms with Crippen LogP contribution in [0, 0.1) is 0 Å². The zero-order valence-corrected chi connectivity index (χ0v) is 13.4. The smallest absolute Gasteiger partial charge is 0.271 e. The first-order valence-electron chi connectivity index (χ1n) is 6.33. The summed E-state index contributed by atoms with van der Waals surface area (Å²) < 4.78 is 28.0. The average molecular weight is 375 g/mol. The molecule has 0 spiro atoms. The molecule has 0 unspecified atom stereocenters. The second-order valence-corrected chi connectivity index (χ2v) is 5.11. The van der Waals surface area contributed by atoms with Gasteiger partial charge >= 0.3 is 6.55 Å². The minimum atomic E-state index is -2.89. The minimum absolute atomic E-state index is 0.273. The van der Waals surface area contributed by atoms with Crippen LogP contribution in [0.3, 0.4) is 0 Å². The standard InChI is InChI=1S/C12H13BrF2N6O/c1-3-20-6-8(13)10(19-20)7(2)17-18-11(22)9-4-5-16-21(9)12(14)15/h4-6,12H,3H2,1-2H3,(H,18,22)/b17-7+. The number of rotatable bonds is 5. The van der Waals surface area contributed by atoms with Gasteiger partial charge in [0.15, 0.2) is 0 Å². The number of hydrazone groups is 1. The Balaban J connectivity index is 2.14. The van der Waals surface area contributed by atoms with Gasteiger partial charge in [-0.25, -0.2) is 5.43 Å². The maximum atomic E-state index is 12.6. The molecule has 2 heterocycles. The van der Waals surface area contributed by atoms with E-state index in [0.29, 0.717) is 22.6 Å². The monoisotopic (exact) mass is 374 g/mol. The molecule has 118 valence electrons. The van der Waals surface area contributed by atoms with Crippen LogP contribution in [0.1, 0.15) is 36.6 Å². The van der Waals surface area contributed by atoms with Gasteiger partial charge in [0.25, 0.3) is 5.91 Å². The van der Waals surface area contributed by atoms with Crippen molar-refractivity contribution in [3.8, 4) is 0 Å². The fourth-order valence-electron chi connectivity index (χ4n) is 1.70. The molecule has 2 aromatic heterocycles. The molecular formula is C12H13BrF2N6O. The van der Waals surface area contributed by atoms with Gasteiger partial charge in [0.05, 0.1) is 10.2 Å². The average Bonchev–Trinajstić information content (AvgIpc) is 3.10. The van der Waals surface area contributed by atoms with E-state index >= 15 is 0 Å². The highest BCUT2D eigenvalue weighted by molar-refractivity contribution is 9.10. The SMILES string of the molecule is CCn1cc(Br)c(/C(C)=N/NC(=O)c2ccnn2C(F)F)n1. The van der Waals surface area contributed by atoms with Crippen molar-refractivity contribution >= 4 is 27.5 Å². The predicted octanol–water partition coefficient (Wildman–Crippen LogP) is 2.41. The second kappa shape index (κ2) is 6.77. The molecule has 0 aromatic carbocycles. The number of nitrogens with one attached hydrogen (secondary N) is 1. The van der Waals surface area contributed by atoms with Crippen LogP contribution in [0.25, 0.3) is 0 Å². The number of aromatic nitrogens is 4. The van der Waals surface area contributed by atoms with Crippen molar-refractivity contribution in [2.45, 2.75) is 26.9 Å². The molecule has 0 fully saturated rings. The fourth-order valence-corrected chi connectivity index (χ4v) is 2.30. The number of hydrogen-bond acceptors (Lipinski definition) is 4. The maximum Gasteiger partial charge on any atom is 0.333 e. The summed E-state index contributed by atoms with van der Waals surface area (Å²) in [6, 6.07) is 1.19. The van der Waals surface area contributed by atoms with Crippen molar-refractivity contribution in [2.75, 3.05) is 0 Å². The highest BCUT2D eigenvalue weighted by atomic mass is 79.9. The lowest BCUT2D eigenvalue weighted by Crippen LogP contribution is -2.23. The van der Waals surface area contributed by atoms with E-state index in [1.165, 1.54) is 6.07 Å². The molecule has 10 heteroatoms. The Kier molecular flexibility index (Phi) is 5.01. The third-order valence-electron chi connectivity index (χ3n) is 2.80. The highest BCUT2D eigenvalue weighted by Crippen LogP contribution is 2.16. The predicted molar refractivity (Wildman–Crippen MR) is 78.8 cm³/mol. The Hall–Kier alpha value is -2.10. The lowest BCUT2D eigenvalue weighted by atomic mass is 10.3. The zero-order valence-electron chi connectivity index (χ0n) is 11.8. The number of aryl methyl sites for hydroxylation is 1. The Bertz CT molecular complexity index is 708. The van der Waals surface area contributed by atoms with Gasteiger partial charge in [-0.3, -0.25) is 9.48 Å². The molecule has 0 aliphatic heterocycles. The molecule has 2 rings (SSSR count). The Morgan fingerprint density at radius 3 is 2.86 bits per heavy atom. The summed E-state index contributed by atoms with van der Waals surface area (Å²) in [4.78, 5) is 11.9. The fraction of sp³-hybridized carbons (Fsp3) is 0.333. The van der Waals surface area contributed by atoms with Crippen molar-refractivity contribution in [2.24, 2.45) is 5.10 Å². The third kappa shape index (κ3) is 3.38. The van der Waals surface area contributed by atoms with E-state index in [9.17, 15) is 13.6 Å². The van der Waals surface area contributed by atoms with E-state index in [1.807, 2.05) is 6.92 Å². The Labute approximate surface area is 133 Å². The molecule has 0 radical (unpaired) electrons. The molecule has 0 bridgehead atoms. The van der Waals surface area contributed by atoms with Crippen molar-refractivity contribution in [3.63, 3.8) is 0 Å². The summed E-state index contributed by atoms with van der Waals surface area (Å²) in [5.41, 5.74) is 2.94. The van der Waals surface area contributed by atoms with Gasteiger partial charge in [-0.05, 0) is 35.8 Å². The van der Waals surface area contributed by atoms with Crippen LogP contribution in [-0.4, -0.2) is 31.2 Å². The van der Waals surface area contributed by atoms with Crippen LogP contribution in [0.5, 0.6) is 0 Å². The number of amides is 1. The Morgan fingerprint density at radius 2 is 2.27 bits per heavy atom. The molecule has 1 amide bonds. The molecule has 1 N–H and O–H groups in total. The number of carbonyl (C=O) groups is 1. The first-order chi connectivity index (χ1) is 10.4. The van der Waals surface area contributed by atoms with Crippen LogP contribution in [0.2, 0.25) is 0 Å². The molecule has 0 atom stereocenters. The van der Waals surface area contributed by atoms with E-state index < -0.39 is 12.5 Å². The van der Waals surface area contributed by atoms with Crippen molar-refractivity contribution < 1.29 is 13.6 Å². The van der Waals surface area contributed by atoms with E-state index in [-0.39, 0.29) is 5.69 Å². The third-order valence-corrected chi connectivity index (χ3v) is 3.38. The van der Waals surface area contributed by atoms with Gasteiger partial charge in [-0.2, -0.15) is 28.8 Å². The van der Waals surface area contributed by atoms with Crippen LogP contribution in [0.15, 0.2) is 28.0 Å². The van der Waals surface area contributed by atoms with Crippen LogP contribution < -0.4 is 5.43 Å². The summed E-state index contributed by atoms with van der Waals surface area (Å²) in [6.45, 7) is 1.38. The van der Waals surface area contributed by atoms with Crippen molar-refractivity contribution in [3.05, 3.63) is 34.3 Å². The van der Waals surface area contributed by atoms with Crippen molar-refractivity contribution in [1.82, 2.24) is 25.0 Å². The van der Waals surface area contributed by atoms with Gasteiger partial charge < -0.3 is 0 Å². The lowest BCUT2D eigenvalue weighted by molar-refractivity contribution is 0.0510. The Morgan fingerprint density at radius 1 is 1.55 bits per heavy atom. The summed E-state index contributed by atoms with van der Waals surface area (Å²) >= 11 is 3.34. The second-order valence-electron chi connectivity index (χ2n) is 4.26. The normalized spacial score (nSPS) is 12.0. The maximum absolute atomic E-state index is 12.6. The number of alkyl halides is 2. The molecule has 0 aliphatic carbocycles. The summed E-state index contributed by atoms with van der Waals surface area (Å²) in [5, 5.41) is 11.5. The largest absolute Gasteiger partial charge is 0.333 e. The number of hydrogen-bond donors (Lipinski definition) is 1. The molecule has 2 aromatic rings. The van der Waals surface area contributed by atoms with E-state index in [1.54, 1.807) is 17.8 Å². The van der Waals surface area contributed by atoms with Crippen molar-refractivity contribution in [1.29, 1.82) is 0 Å². The van der Waals surface area contributed by atoms with Gasteiger partial charge in [0, 0.05) is 18.9 Å². The zero-order chi connectivity index (χ0) is 16.3. The van der Waals surface area contributed by atoms with Gasteiger partial charge in [-0.15, -0.1) is 0 Å². The van der Waals surface area contributed by atoms with Crippen LogP contribution >= 0.6 is 15.9 Å². The molecule has 7 nitrogen and oxygen atoms in total. The molecular weight excluding hydrogens is 362 g/mol. The number of carbonyl (C=O) groups excluding carboxylic acids is 1. The quantitative estimate of drug-likeness (QED) is 0.644. The molecule has 0 saturated carbocycles. The minimum Gasteiger partial charge on any atom is -0.271 e. The summed E-state index contributed by atoms with van der Waals surface area (Å²) in [6.07, 6.45) is 2.90. The first kappa shape index (κ1) is 16.3. The van der Waals surface area contributed by atoms with E-state index in [2.05, 4.69) is 36.7 Å². The lowest BCUT2D eigenvalue weighted by Gasteiger charge is -2.05. The van der Waals surface area contributed by atoms with Crippen LogP contribution in [0.4, 0.5) is 8.78 Å². The van der Waals surface area contributed by atoms with Gasteiger partial charge in [0.2, 0.25) is 0 Å². The number of halogens is 3. The van der Waals surface area contributed by atoms with Gasteiger partial charge in [0.1, 0.15) is 11.4 Å². The molecule has 22 heavy (non-hydrogen) atoms. The van der Waals surface area contributed by atoms with Crippen LogP contribution in [-0.2, 0) is 6.54 Å². The van der Waals surface area contributed by atoms with E-state index in [4.69, 9.17) is 0 Å². The highest BCUT2D eigenvalue weighted by Gasteiger charge is 2.18. The topological polar surface area (TPSA) is 77.1 Å². The first-order valence-corrected chi connectivity index (χ1v) is 7.13. The van der Waals surface area contributed by atoms with Gasteiger partial charge in [-0.1, -0.05) is 0 Å². The molecule has 0 aliphatic rings. The summed E-state index contributed by atoms with van der Waals surface area (Å²) in [7, 11) is 0. The van der Waals surface area contributed by atoms with E-state index in [0.717, 1.165) is 10.7 Å². The number of nitrogens with zero attached hydrogens (tertiary/aromatic N) is 5.